The summed E-state index contributed by atoms with van der Waals surface area (Å²) < 4.78 is 21.7. The van der Waals surface area contributed by atoms with Crippen LogP contribution in [-0.2, 0) is 49.2 Å². The van der Waals surface area contributed by atoms with E-state index in [1.54, 1.807) is 0 Å². The van der Waals surface area contributed by atoms with Crippen LogP contribution in [0.5, 0.6) is 0 Å². The largest absolute Gasteiger partial charge is 2.00 e. The Labute approximate surface area is 168 Å². The van der Waals surface area contributed by atoms with E-state index in [4.69, 9.17) is 29.8 Å². The van der Waals surface area contributed by atoms with Gasteiger partial charge in [-0.3, -0.25) is 4.98 Å². The number of hydrogen-bond donors (Lipinski definition) is 0. The van der Waals surface area contributed by atoms with Crippen molar-refractivity contribution in [1.82, 2.24) is 4.98 Å². The Morgan fingerprint density at radius 2 is 1.08 bits per heavy atom. The second-order valence-electron chi connectivity index (χ2n) is 4.13. The number of hydrogen-bond acceptors (Lipinski definition) is 7. The average molecular weight is 424 g/mol. The number of nitrogens with zero attached hydrogens (tertiary/aromatic N) is 3. The Morgan fingerprint density at radius 3 is 1.44 bits per heavy atom. The van der Waals surface area contributed by atoms with Gasteiger partial charge in [-0.25, -0.2) is 0 Å². The van der Waals surface area contributed by atoms with E-state index in [-0.39, 0.29) is 17.1 Å². The van der Waals surface area contributed by atoms with Gasteiger partial charge in [0.15, 0.2) is 0 Å². The molecule has 0 unspecified atom stereocenters. The topological polar surface area (TPSA) is 94.4 Å². The molecule has 137 valence electrons. The molecular weight excluding hydrogens is 405 g/mol. The summed E-state index contributed by atoms with van der Waals surface area (Å²) in [4.78, 5) is 4.45. The van der Waals surface area contributed by atoms with Crippen LogP contribution >= 0.6 is 24.4 Å². The van der Waals surface area contributed by atoms with E-state index in [2.05, 4.69) is 29.4 Å². The van der Waals surface area contributed by atoms with Crippen molar-refractivity contribution in [2.75, 3.05) is 39.6 Å². The van der Waals surface area contributed by atoms with Gasteiger partial charge in [0.1, 0.15) is 0 Å². The molecule has 1 aliphatic rings. The molecule has 7 nitrogen and oxygen atoms in total. The predicted molar refractivity (Wildman–Crippen MR) is 97.1 cm³/mol. The first-order valence-electron chi connectivity index (χ1n) is 7.06. The van der Waals surface area contributed by atoms with Crippen LogP contribution in [0.15, 0.2) is 18.2 Å². The number of pyridine rings is 1. The standard InChI is InChI=1S/C13H19NO4.2CNS.Mn/c1-2-12-10-17-8-6-15-4-5-16-7-9-18-11-13(3-1)14-12;2*2-1-3;/h1-3H,4-11H2;;;/q;2*-1;+2. The number of ether oxygens (including phenoxy) is 4. The monoisotopic (exact) mass is 424 g/mol. The van der Waals surface area contributed by atoms with Crippen LogP contribution in [0.25, 0.3) is 10.8 Å². The van der Waals surface area contributed by atoms with Gasteiger partial charge in [-0.05, 0) is 12.1 Å². The molecule has 0 atom stereocenters. The van der Waals surface area contributed by atoms with Gasteiger partial charge < -0.3 is 29.8 Å². The second-order valence-corrected chi connectivity index (χ2v) is 4.50. The number of thiocarbonyl (C=S) groups is 2. The van der Waals surface area contributed by atoms with Gasteiger partial charge in [0.05, 0.1) is 64.2 Å². The maximum atomic E-state index is 7.13. The van der Waals surface area contributed by atoms with Gasteiger partial charge in [-0.2, -0.15) is 10.3 Å². The second kappa shape index (κ2) is 21.2. The maximum absolute atomic E-state index is 7.13. The van der Waals surface area contributed by atoms with E-state index < -0.39 is 0 Å². The van der Waals surface area contributed by atoms with Crippen molar-refractivity contribution in [2.45, 2.75) is 13.2 Å². The van der Waals surface area contributed by atoms with Gasteiger partial charge in [-0.1, -0.05) is 30.5 Å². The minimum atomic E-state index is 0. The summed E-state index contributed by atoms with van der Waals surface area (Å²) in [7, 11) is 0. The molecule has 0 spiro atoms. The van der Waals surface area contributed by atoms with E-state index in [1.165, 1.54) is 10.3 Å². The first kappa shape index (κ1) is 26.3. The van der Waals surface area contributed by atoms with Crippen molar-refractivity contribution in [3.05, 3.63) is 40.4 Å². The van der Waals surface area contributed by atoms with E-state index in [9.17, 15) is 0 Å². The molecule has 2 rings (SSSR count). The van der Waals surface area contributed by atoms with Crippen molar-refractivity contribution in [1.29, 1.82) is 0 Å². The van der Waals surface area contributed by atoms with E-state index in [1.807, 2.05) is 18.2 Å². The summed E-state index contributed by atoms with van der Waals surface area (Å²) in [6.07, 6.45) is 0. The number of isothiocyanates is 2. The number of aromatic nitrogens is 1. The molecule has 0 saturated carbocycles. The number of fused-ring (bicyclic) bond motifs is 2. The average Bonchev–Trinajstić information content (AvgIpc) is 2.58. The Balaban J connectivity index is 0. The van der Waals surface area contributed by atoms with E-state index >= 15 is 0 Å². The SMILES string of the molecule is [Mn+2].[N-]=C=S.[N-]=C=S.c1cc2nc(c1)COCCOCCOCCOC2. The molecule has 10 heteroatoms. The molecule has 1 radical (unpaired) electrons. The third-order valence-corrected chi connectivity index (χ3v) is 2.48. The van der Waals surface area contributed by atoms with E-state index in [0.717, 1.165) is 11.4 Å². The van der Waals surface area contributed by atoms with Crippen LogP contribution in [-0.4, -0.2) is 54.9 Å². The summed E-state index contributed by atoms with van der Waals surface area (Å²) in [5.41, 5.74) is 1.84. The number of rotatable bonds is 0. The first-order valence-corrected chi connectivity index (χ1v) is 7.88. The Kier molecular flexibility index (Phi) is 22.3. The third kappa shape index (κ3) is 17.7. The van der Waals surface area contributed by atoms with Crippen LogP contribution in [0.3, 0.4) is 0 Å². The molecule has 0 aliphatic carbocycles. The first-order chi connectivity index (χ1) is 11.8. The normalized spacial score (nSPS) is 14.9. The van der Waals surface area contributed by atoms with Gasteiger partial charge >= 0.3 is 17.1 Å². The molecule has 0 saturated heterocycles. The predicted octanol–water partition coefficient (Wildman–Crippen LogP) is 2.48. The summed E-state index contributed by atoms with van der Waals surface area (Å²) in [5.74, 6) is 0. The summed E-state index contributed by atoms with van der Waals surface area (Å²) in [6.45, 7) is 4.51. The molecular formula is C15H19MnN3O4S2. The molecule has 2 heterocycles. The maximum Gasteiger partial charge on any atom is 2.00 e. The smallest absolute Gasteiger partial charge is 0.753 e. The van der Waals surface area contributed by atoms with Gasteiger partial charge in [-0.15, -0.1) is 0 Å². The summed E-state index contributed by atoms with van der Waals surface area (Å²) >= 11 is 7.40. The van der Waals surface area contributed by atoms with Gasteiger partial charge in [0.2, 0.25) is 0 Å². The van der Waals surface area contributed by atoms with Crippen LogP contribution in [0.2, 0.25) is 0 Å². The summed E-state index contributed by atoms with van der Waals surface area (Å²) in [5, 5.41) is 16.9. The molecule has 0 aromatic carbocycles. The van der Waals surface area contributed by atoms with Crippen LogP contribution < -0.4 is 0 Å². The molecule has 1 aromatic heterocycles. The Hall–Kier alpha value is -0.891. The zero-order valence-corrected chi connectivity index (χ0v) is 16.4. The van der Waals surface area contributed by atoms with Crippen molar-refractivity contribution >= 4 is 34.8 Å². The minimum absolute atomic E-state index is 0. The minimum Gasteiger partial charge on any atom is -0.753 e. The van der Waals surface area contributed by atoms with Gasteiger partial charge in [0.25, 0.3) is 0 Å². The zero-order valence-electron chi connectivity index (χ0n) is 13.6. The van der Waals surface area contributed by atoms with Crippen LogP contribution in [0.1, 0.15) is 11.4 Å². The van der Waals surface area contributed by atoms with Crippen molar-refractivity contribution < 1.29 is 36.0 Å². The molecule has 0 fully saturated rings. The zero-order chi connectivity index (χ0) is 17.9. The summed E-state index contributed by atoms with van der Waals surface area (Å²) in [6, 6.07) is 5.87. The fourth-order valence-electron chi connectivity index (χ4n) is 1.60. The van der Waals surface area contributed by atoms with E-state index in [0.29, 0.717) is 52.9 Å². The fraction of sp³-hybridized carbons (Fsp3) is 0.533. The molecule has 0 N–H and O–H groups in total. The van der Waals surface area contributed by atoms with Gasteiger partial charge in [0, 0.05) is 0 Å². The Morgan fingerprint density at radius 1 is 0.760 bits per heavy atom. The van der Waals surface area contributed by atoms with Crippen molar-refractivity contribution in [3.8, 4) is 0 Å². The molecule has 1 aliphatic heterocycles. The molecule has 0 amide bonds. The van der Waals surface area contributed by atoms with Crippen molar-refractivity contribution in [2.24, 2.45) is 0 Å². The van der Waals surface area contributed by atoms with Crippen LogP contribution in [0.4, 0.5) is 0 Å². The fourth-order valence-corrected chi connectivity index (χ4v) is 1.60. The molecule has 1 aromatic rings. The van der Waals surface area contributed by atoms with Crippen LogP contribution in [0, 0.1) is 0 Å². The van der Waals surface area contributed by atoms with Crippen molar-refractivity contribution in [3.63, 3.8) is 0 Å². The third-order valence-electron chi connectivity index (χ3n) is 2.48. The quantitative estimate of drug-likeness (QED) is 0.359. The molecule has 25 heavy (non-hydrogen) atoms. The molecule has 2 bridgehead atoms. The Bertz CT molecular complexity index is 470.